The average Bonchev–Trinajstić information content (AvgIpc) is 3.10. The van der Waals surface area contributed by atoms with Crippen LogP contribution in [0.4, 0.5) is 24.7 Å². The summed E-state index contributed by atoms with van der Waals surface area (Å²) in [5, 5.41) is 10.2. The minimum absolute atomic E-state index is 0.119. The highest BCUT2D eigenvalue weighted by atomic mass is 35.5. The van der Waals surface area contributed by atoms with Gasteiger partial charge in [0.15, 0.2) is 11.7 Å². The third-order valence-electron chi connectivity index (χ3n) is 5.02. The second kappa shape index (κ2) is 8.09. The SMILES string of the molecule is Cc1ccc([C@H]2C[C@@H](C(F)(F)F)n3nc(C(=O)Nc4cc(Cl)cc(Cl)c4)cc3N2)cc1. The lowest BCUT2D eigenvalue weighted by Gasteiger charge is -2.33. The van der Waals surface area contributed by atoms with Crippen molar-refractivity contribution in [2.24, 2.45) is 0 Å². The number of alkyl halides is 3. The highest BCUT2D eigenvalue weighted by Crippen LogP contribution is 2.43. The normalized spacial score (nSPS) is 18.3. The van der Waals surface area contributed by atoms with Crippen molar-refractivity contribution in [3.63, 3.8) is 0 Å². The van der Waals surface area contributed by atoms with E-state index in [0.717, 1.165) is 15.8 Å². The van der Waals surface area contributed by atoms with Crippen molar-refractivity contribution >= 4 is 40.6 Å². The molecule has 1 aliphatic rings. The maximum absolute atomic E-state index is 13.8. The molecule has 2 N–H and O–H groups in total. The van der Waals surface area contributed by atoms with Crippen molar-refractivity contribution < 1.29 is 18.0 Å². The van der Waals surface area contributed by atoms with Crippen LogP contribution in [-0.2, 0) is 0 Å². The standard InChI is InChI=1S/C21H17Cl2F3N4O/c1-11-2-4-12(5-3-11)16-9-18(21(24,25)26)30-19(28-16)10-17(29-30)20(31)27-15-7-13(22)6-14(23)8-15/h2-8,10,16,18,28H,9H2,1H3,(H,27,31)/t16-,18+/m1/s1. The number of hydrogen-bond donors (Lipinski definition) is 2. The zero-order chi connectivity index (χ0) is 22.3. The number of nitrogens with one attached hydrogen (secondary N) is 2. The zero-order valence-electron chi connectivity index (χ0n) is 16.2. The fourth-order valence-electron chi connectivity index (χ4n) is 3.52. The molecule has 10 heteroatoms. The van der Waals surface area contributed by atoms with Gasteiger partial charge in [0.2, 0.25) is 0 Å². The predicted octanol–water partition coefficient (Wildman–Crippen LogP) is 6.41. The topological polar surface area (TPSA) is 59.0 Å². The Morgan fingerprint density at radius 2 is 1.77 bits per heavy atom. The van der Waals surface area contributed by atoms with Gasteiger partial charge in [-0.3, -0.25) is 4.79 Å². The Morgan fingerprint density at radius 1 is 1.13 bits per heavy atom. The molecule has 3 aromatic rings. The molecule has 0 saturated heterocycles. The number of nitrogens with zero attached hydrogens (tertiary/aromatic N) is 2. The first-order valence-electron chi connectivity index (χ1n) is 9.37. The molecule has 0 saturated carbocycles. The van der Waals surface area contributed by atoms with Crippen molar-refractivity contribution in [1.29, 1.82) is 0 Å². The monoisotopic (exact) mass is 468 g/mol. The number of aryl methyl sites for hydroxylation is 1. The molecular weight excluding hydrogens is 452 g/mol. The largest absolute Gasteiger partial charge is 0.410 e. The number of halogens is 5. The van der Waals surface area contributed by atoms with Crippen molar-refractivity contribution in [2.45, 2.75) is 31.6 Å². The zero-order valence-corrected chi connectivity index (χ0v) is 17.7. The first kappa shape index (κ1) is 21.5. The number of fused-ring (bicyclic) bond motifs is 1. The van der Waals surface area contributed by atoms with E-state index in [1.165, 1.54) is 24.3 Å². The van der Waals surface area contributed by atoms with Crippen molar-refractivity contribution in [3.05, 3.63) is 75.4 Å². The van der Waals surface area contributed by atoms with E-state index in [4.69, 9.17) is 23.2 Å². The summed E-state index contributed by atoms with van der Waals surface area (Å²) in [6.07, 6.45) is -4.77. The van der Waals surface area contributed by atoms with Gasteiger partial charge < -0.3 is 10.6 Å². The summed E-state index contributed by atoms with van der Waals surface area (Å²) >= 11 is 11.8. The van der Waals surface area contributed by atoms with Crippen LogP contribution >= 0.6 is 23.2 Å². The highest BCUT2D eigenvalue weighted by Gasteiger charge is 2.46. The van der Waals surface area contributed by atoms with Gasteiger partial charge in [0.1, 0.15) is 5.82 Å². The minimum atomic E-state index is -4.53. The van der Waals surface area contributed by atoms with E-state index in [-0.39, 0.29) is 17.9 Å². The molecule has 0 spiro atoms. The molecular formula is C21H17Cl2F3N4O. The summed E-state index contributed by atoms with van der Waals surface area (Å²) in [4.78, 5) is 12.6. The van der Waals surface area contributed by atoms with E-state index in [9.17, 15) is 18.0 Å². The lowest BCUT2D eigenvalue weighted by Crippen LogP contribution is -2.35. The van der Waals surface area contributed by atoms with Crippen molar-refractivity contribution in [3.8, 4) is 0 Å². The van der Waals surface area contributed by atoms with Gasteiger partial charge in [-0.2, -0.15) is 18.3 Å². The molecule has 0 unspecified atom stereocenters. The molecule has 5 nitrogen and oxygen atoms in total. The Kier molecular flexibility index (Phi) is 5.61. The summed E-state index contributed by atoms with van der Waals surface area (Å²) in [7, 11) is 0. The molecule has 2 aromatic carbocycles. The summed E-state index contributed by atoms with van der Waals surface area (Å²) in [6.45, 7) is 1.91. The molecule has 1 aliphatic heterocycles. The van der Waals surface area contributed by atoms with Crippen LogP contribution in [-0.4, -0.2) is 21.9 Å². The molecule has 2 heterocycles. The Bertz CT molecular complexity index is 1110. The van der Waals surface area contributed by atoms with E-state index in [2.05, 4.69) is 15.7 Å². The summed E-state index contributed by atoms with van der Waals surface area (Å²) < 4.78 is 42.2. The third kappa shape index (κ3) is 4.65. The number of aromatic nitrogens is 2. The molecule has 31 heavy (non-hydrogen) atoms. The predicted molar refractivity (Wildman–Crippen MR) is 114 cm³/mol. The number of amides is 1. The number of benzene rings is 2. The molecule has 0 aliphatic carbocycles. The number of anilines is 2. The number of carbonyl (C=O) groups is 1. The Hall–Kier alpha value is -2.71. The molecule has 0 radical (unpaired) electrons. The van der Waals surface area contributed by atoms with E-state index in [0.29, 0.717) is 15.7 Å². The maximum atomic E-state index is 13.8. The van der Waals surface area contributed by atoms with E-state index in [1.54, 1.807) is 12.1 Å². The molecule has 162 valence electrons. The van der Waals surface area contributed by atoms with E-state index < -0.39 is 24.2 Å². The smallest absolute Gasteiger partial charge is 0.363 e. The minimum Gasteiger partial charge on any atom is -0.363 e. The number of hydrogen-bond acceptors (Lipinski definition) is 3. The van der Waals surface area contributed by atoms with Crippen LogP contribution < -0.4 is 10.6 Å². The molecule has 0 fully saturated rings. The van der Waals surface area contributed by atoms with Crippen LogP contribution in [0.25, 0.3) is 0 Å². The molecule has 4 rings (SSSR count). The van der Waals surface area contributed by atoms with Crippen LogP contribution in [0.15, 0.2) is 48.5 Å². The first-order valence-corrected chi connectivity index (χ1v) is 10.1. The molecule has 1 amide bonds. The quantitative estimate of drug-likeness (QED) is 0.466. The van der Waals surface area contributed by atoms with Gasteiger partial charge in [0.25, 0.3) is 5.91 Å². The lowest BCUT2D eigenvalue weighted by atomic mass is 9.96. The Balaban J connectivity index is 1.64. The molecule has 1 aromatic heterocycles. The second-order valence-electron chi connectivity index (χ2n) is 7.37. The van der Waals surface area contributed by atoms with Crippen LogP contribution in [0.1, 0.15) is 40.1 Å². The Labute approximate surface area is 186 Å². The van der Waals surface area contributed by atoms with Gasteiger partial charge in [-0.1, -0.05) is 53.0 Å². The molecule has 0 bridgehead atoms. The van der Waals surface area contributed by atoms with Crippen molar-refractivity contribution in [1.82, 2.24) is 9.78 Å². The lowest BCUT2D eigenvalue weighted by molar-refractivity contribution is -0.173. The summed E-state index contributed by atoms with van der Waals surface area (Å²) in [6, 6.07) is 10.6. The van der Waals surface area contributed by atoms with Crippen LogP contribution in [0, 0.1) is 6.92 Å². The van der Waals surface area contributed by atoms with Gasteiger partial charge >= 0.3 is 6.18 Å². The van der Waals surface area contributed by atoms with Gasteiger partial charge in [0, 0.05) is 28.2 Å². The summed E-state index contributed by atoms with van der Waals surface area (Å²) in [5.41, 5.74) is 1.90. The average molecular weight is 469 g/mol. The van der Waals surface area contributed by atoms with Crippen molar-refractivity contribution in [2.75, 3.05) is 10.6 Å². The number of rotatable bonds is 3. The highest BCUT2D eigenvalue weighted by molar-refractivity contribution is 6.35. The molecule has 2 atom stereocenters. The second-order valence-corrected chi connectivity index (χ2v) is 8.25. The van der Waals surface area contributed by atoms with Gasteiger partial charge in [-0.25, -0.2) is 4.68 Å². The van der Waals surface area contributed by atoms with Gasteiger partial charge in [-0.15, -0.1) is 0 Å². The summed E-state index contributed by atoms with van der Waals surface area (Å²) in [5.74, 6) is -0.553. The maximum Gasteiger partial charge on any atom is 0.410 e. The Morgan fingerprint density at radius 3 is 2.39 bits per heavy atom. The first-order chi connectivity index (χ1) is 14.6. The number of carbonyl (C=O) groups excluding carboxylic acids is 1. The fourth-order valence-corrected chi connectivity index (χ4v) is 4.05. The van der Waals surface area contributed by atoms with Gasteiger partial charge in [0.05, 0.1) is 6.04 Å². The van der Waals surface area contributed by atoms with Crippen LogP contribution in [0.3, 0.4) is 0 Å². The van der Waals surface area contributed by atoms with E-state index >= 15 is 0 Å². The third-order valence-corrected chi connectivity index (χ3v) is 5.46. The van der Waals surface area contributed by atoms with Crippen LogP contribution in [0.2, 0.25) is 10.0 Å². The van der Waals surface area contributed by atoms with Crippen LogP contribution in [0.5, 0.6) is 0 Å². The van der Waals surface area contributed by atoms with Gasteiger partial charge in [-0.05, 0) is 30.7 Å². The van der Waals surface area contributed by atoms with E-state index in [1.807, 2.05) is 19.1 Å². The fraction of sp³-hybridized carbons (Fsp3) is 0.238.